The third-order valence-electron chi connectivity index (χ3n) is 3.11. The van der Waals surface area contributed by atoms with Crippen molar-refractivity contribution < 1.29 is 19.1 Å². The van der Waals surface area contributed by atoms with Crippen LogP contribution in [0.15, 0.2) is 22.2 Å². The highest BCUT2D eigenvalue weighted by Crippen LogP contribution is 2.34. The summed E-state index contributed by atoms with van der Waals surface area (Å²) in [5, 5.41) is 2.54. The molecule has 2 rings (SSSR count). The number of likely N-dealkylation sites (N-methyl/N-ethyl adjacent to an activating group) is 1. The van der Waals surface area contributed by atoms with Crippen molar-refractivity contribution in [3.63, 3.8) is 0 Å². The van der Waals surface area contributed by atoms with Crippen LogP contribution in [0.5, 0.6) is 11.5 Å². The molecule has 0 spiro atoms. The summed E-state index contributed by atoms with van der Waals surface area (Å²) < 4.78 is 11.1. The first kappa shape index (κ1) is 16.4. The van der Waals surface area contributed by atoms with Gasteiger partial charge in [0.05, 0.1) is 18.7 Å². The number of ether oxygens (including phenoxy) is 2. The first-order chi connectivity index (χ1) is 10.4. The van der Waals surface area contributed by atoms with Crippen LogP contribution in [-0.4, -0.2) is 43.1 Å². The number of hydrogen-bond donors (Lipinski definition) is 1. The number of methoxy groups -OCH3 is 2. The van der Waals surface area contributed by atoms with Crippen molar-refractivity contribution in [3.8, 4) is 11.5 Å². The van der Waals surface area contributed by atoms with Gasteiger partial charge in [-0.05, 0) is 40.3 Å². The number of rotatable bonds is 3. The van der Waals surface area contributed by atoms with Crippen LogP contribution in [0.3, 0.4) is 0 Å². The molecule has 0 aromatic heterocycles. The third kappa shape index (κ3) is 2.97. The minimum absolute atomic E-state index is 0.0218. The molecule has 1 aliphatic rings. The van der Waals surface area contributed by atoms with Gasteiger partial charge in [0.1, 0.15) is 17.1 Å². The molecule has 1 saturated heterocycles. The third-order valence-corrected chi connectivity index (χ3v) is 4.10. The molecular formula is C14H13BrN2O4S. The van der Waals surface area contributed by atoms with Gasteiger partial charge in [-0.3, -0.25) is 19.8 Å². The summed E-state index contributed by atoms with van der Waals surface area (Å²) in [4.78, 5) is 25.4. The number of thiocarbonyl (C=S) groups is 1. The molecule has 0 radical (unpaired) electrons. The largest absolute Gasteiger partial charge is 0.496 e. The highest BCUT2D eigenvalue weighted by Gasteiger charge is 2.31. The van der Waals surface area contributed by atoms with Gasteiger partial charge in [0.2, 0.25) is 0 Å². The topological polar surface area (TPSA) is 67.9 Å². The Labute approximate surface area is 141 Å². The van der Waals surface area contributed by atoms with Crippen molar-refractivity contribution in [1.82, 2.24) is 10.2 Å². The van der Waals surface area contributed by atoms with Gasteiger partial charge >= 0.3 is 0 Å². The lowest BCUT2D eigenvalue weighted by atomic mass is 10.1. The number of benzene rings is 1. The number of carbonyl (C=O) groups is 2. The zero-order chi connectivity index (χ0) is 16.4. The Hall–Kier alpha value is -1.93. The van der Waals surface area contributed by atoms with Crippen LogP contribution in [0.25, 0.3) is 6.08 Å². The van der Waals surface area contributed by atoms with Crippen molar-refractivity contribution in [1.29, 1.82) is 0 Å². The molecule has 6 nitrogen and oxygen atoms in total. The fraction of sp³-hybridized carbons (Fsp3) is 0.214. The van der Waals surface area contributed by atoms with Crippen LogP contribution in [0.1, 0.15) is 5.56 Å². The zero-order valence-corrected chi connectivity index (χ0v) is 14.5. The number of amides is 2. The van der Waals surface area contributed by atoms with E-state index in [-0.39, 0.29) is 10.7 Å². The van der Waals surface area contributed by atoms with Crippen molar-refractivity contribution in [3.05, 3.63) is 27.7 Å². The van der Waals surface area contributed by atoms with Crippen LogP contribution in [0.4, 0.5) is 0 Å². The van der Waals surface area contributed by atoms with Crippen LogP contribution >= 0.6 is 28.1 Å². The van der Waals surface area contributed by atoms with Crippen LogP contribution < -0.4 is 14.8 Å². The number of carbonyl (C=O) groups excluding carboxylic acids is 2. The predicted octanol–water partition coefficient (Wildman–Crippen LogP) is 1.72. The average Bonchev–Trinajstić information content (AvgIpc) is 2.49. The van der Waals surface area contributed by atoms with Crippen molar-refractivity contribution >= 4 is 51.2 Å². The van der Waals surface area contributed by atoms with E-state index < -0.39 is 11.8 Å². The molecule has 0 atom stereocenters. The molecule has 0 saturated carbocycles. The van der Waals surface area contributed by atoms with Gasteiger partial charge in [0.15, 0.2) is 5.11 Å². The van der Waals surface area contributed by atoms with Crippen LogP contribution in [0.2, 0.25) is 0 Å². The lowest BCUT2D eigenvalue weighted by Gasteiger charge is -2.25. The summed E-state index contributed by atoms with van der Waals surface area (Å²) in [7, 11) is 4.53. The Morgan fingerprint density at radius 2 is 1.86 bits per heavy atom. The smallest absolute Gasteiger partial charge is 0.265 e. The Balaban J connectivity index is 2.52. The summed E-state index contributed by atoms with van der Waals surface area (Å²) in [6.45, 7) is 0. The van der Waals surface area contributed by atoms with Gasteiger partial charge in [0.25, 0.3) is 11.8 Å². The zero-order valence-electron chi connectivity index (χ0n) is 12.1. The van der Waals surface area contributed by atoms with Gasteiger partial charge in [-0.25, -0.2) is 0 Å². The fourth-order valence-electron chi connectivity index (χ4n) is 1.90. The Bertz CT molecular complexity index is 702. The molecule has 0 bridgehead atoms. The van der Waals surface area contributed by atoms with Crippen LogP contribution in [0, 0.1) is 0 Å². The van der Waals surface area contributed by atoms with E-state index in [4.69, 9.17) is 21.7 Å². The Morgan fingerprint density at radius 3 is 2.45 bits per heavy atom. The van der Waals surface area contributed by atoms with E-state index in [0.29, 0.717) is 21.5 Å². The first-order valence-corrected chi connectivity index (χ1v) is 7.35. The van der Waals surface area contributed by atoms with E-state index in [1.54, 1.807) is 12.1 Å². The minimum Gasteiger partial charge on any atom is -0.496 e. The summed E-state index contributed by atoms with van der Waals surface area (Å²) >= 11 is 8.26. The minimum atomic E-state index is -0.540. The predicted molar refractivity (Wildman–Crippen MR) is 88.7 cm³/mol. The van der Waals surface area contributed by atoms with E-state index in [2.05, 4.69) is 21.2 Å². The molecule has 1 heterocycles. The lowest BCUT2D eigenvalue weighted by Crippen LogP contribution is -2.52. The molecule has 0 aliphatic carbocycles. The van der Waals surface area contributed by atoms with Crippen molar-refractivity contribution in [2.45, 2.75) is 0 Å². The highest BCUT2D eigenvalue weighted by molar-refractivity contribution is 9.10. The molecular weight excluding hydrogens is 372 g/mol. The summed E-state index contributed by atoms with van der Waals surface area (Å²) in [5.41, 5.74) is 0.543. The molecule has 8 heteroatoms. The highest BCUT2D eigenvalue weighted by atomic mass is 79.9. The number of nitrogens with zero attached hydrogens (tertiary/aromatic N) is 1. The molecule has 1 fully saturated rings. The Morgan fingerprint density at radius 1 is 1.23 bits per heavy atom. The average molecular weight is 385 g/mol. The lowest BCUT2D eigenvalue weighted by molar-refractivity contribution is -0.128. The van der Waals surface area contributed by atoms with E-state index in [9.17, 15) is 9.59 Å². The number of nitrogens with one attached hydrogen (secondary N) is 1. The molecule has 1 N–H and O–H groups in total. The Kier molecular flexibility index (Phi) is 4.82. The second kappa shape index (κ2) is 6.45. The van der Waals surface area contributed by atoms with Gasteiger partial charge in [0, 0.05) is 18.7 Å². The van der Waals surface area contributed by atoms with E-state index >= 15 is 0 Å². The van der Waals surface area contributed by atoms with Crippen molar-refractivity contribution in [2.75, 3.05) is 21.3 Å². The number of halogens is 1. The fourth-order valence-corrected chi connectivity index (χ4v) is 2.60. The molecule has 0 unspecified atom stereocenters. The summed E-state index contributed by atoms with van der Waals surface area (Å²) in [5.74, 6) is 0.0468. The van der Waals surface area contributed by atoms with Crippen molar-refractivity contribution in [2.24, 2.45) is 0 Å². The van der Waals surface area contributed by atoms with E-state index in [0.717, 1.165) is 0 Å². The summed E-state index contributed by atoms with van der Waals surface area (Å²) in [6, 6.07) is 3.37. The second-order valence-electron chi connectivity index (χ2n) is 4.41. The quantitative estimate of drug-likeness (QED) is 0.488. The molecule has 1 aliphatic heterocycles. The van der Waals surface area contributed by atoms with Gasteiger partial charge < -0.3 is 9.47 Å². The molecule has 2 amide bonds. The second-order valence-corrected chi connectivity index (χ2v) is 5.65. The molecule has 22 heavy (non-hydrogen) atoms. The van der Waals surface area contributed by atoms with E-state index in [1.807, 2.05) is 0 Å². The maximum absolute atomic E-state index is 12.2. The SMILES string of the molecule is COc1cc(OC)c(/C=C2/C(=O)NC(=S)N(C)C2=O)cc1Br. The van der Waals surface area contributed by atoms with Gasteiger partial charge in [-0.1, -0.05) is 0 Å². The van der Waals surface area contributed by atoms with E-state index in [1.165, 1.54) is 32.2 Å². The number of hydrogen-bond acceptors (Lipinski definition) is 5. The monoisotopic (exact) mass is 384 g/mol. The first-order valence-electron chi connectivity index (χ1n) is 6.15. The molecule has 116 valence electrons. The van der Waals surface area contributed by atoms with Gasteiger partial charge in [-0.2, -0.15) is 0 Å². The van der Waals surface area contributed by atoms with Gasteiger partial charge in [-0.15, -0.1) is 0 Å². The van der Waals surface area contributed by atoms with Crippen LogP contribution in [-0.2, 0) is 9.59 Å². The maximum Gasteiger partial charge on any atom is 0.265 e. The molecule has 1 aromatic rings. The normalized spacial score (nSPS) is 16.8. The summed E-state index contributed by atoms with van der Waals surface area (Å²) in [6.07, 6.45) is 1.46. The molecule has 1 aromatic carbocycles. The maximum atomic E-state index is 12.2. The standard InChI is InChI=1S/C14H13BrN2O4S/c1-17-13(19)8(12(18)16-14(17)22)4-7-5-9(15)11(21-3)6-10(7)20-2/h4-6H,1-3H3,(H,16,18,22)/b8-4-.